The molecule has 0 spiro atoms. The van der Waals surface area contributed by atoms with Gasteiger partial charge < -0.3 is 11.1 Å². The summed E-state index contributed by atoms with van der Waals surface area (Å²) in [6, 6.07) is -0.450. The molecule has 11 heavy (non-hydrogen) atoms. The highest BCUT2D eigenvalue weighted by Gasteiger charge is 2.09. The monoisotopic (exact) mass is 154 g/mol. The maximum absolute atomic E-state index is 10.9. The lowest BCUT2D eigenvalue weighted by Gasteiger charge is -2.12. The third-order valence-corrected chi connectivity index (χ3v) is 1.23. The first-order valence-corrected chi connectivity index (χ1v) is 3.57. The molecule has 0 rings (SSSR count). The highest BCUT2D eigenvalue weighted by atomic mass is 16.2. The molecule has 0 aliphatic carbocycles. The lowest BCUT2D eigenvalue weighted by atomic mass is 10.2. The summed E-state index contributed by atoms with van der Waals surface area (Å²) in [4.78, 5) is 10.9. The number of rotatable bonds is 3. The average Bonchev–Trinajstić information content (AvgIpc) is 1.87. The number of hydrogen-bond donors (Lipinski definition) is 2. The van der Waals surface area contributed by atoms with Gasteiger partial charge in [0.2, 0.25) is 5.91 Å². The molecule has 0 aliphatic rings. The van der Waals surface area contributed by atoms with Crippen molar-refractivity contribution in [1.82, 2.24) is 5.32 Å². The van der Waals surface area contributed by atoms with Gasteiger partial charge in [0.1, 0.15) is 0 Å². The zero-order chi connectivity index (χ0) is 8.85. The molecule has 3 N–H and O–H groups in total. The number of carbonyl (C=O) groups is 1. The molecule has 3 nitrogen and oxygen atoms in total. The number of carbonyl (C=O) groups excluding carboxylic acids is 1. The van der Waals surface area contributed by atoms with Gasteiger partial charge in [-0.3, -0.25) is 4.79 Å². The van der Waals surface area contributed by atoms with Crippen molar-refractivity contribution < 1.29 is 4.79 Å². The van der Waals surface area contributed by atoms with Crippen LogP contribution in [0.4, 0.5) is 0 Å². The Labute approximate surface area is 67.3 Å². The van der Waals surface area contributed by atoms with Crippen molar-refractivity contribution >= 4 is 5.91 Å². The van der Waals surface area contributed by atoms with Crippen LogP contribution in [0.2, 0.25) is 0 Å². The Kier molecular flexibility index (Phi) is 4.32. The molecule has 0 aromatic rings. The summed E-state index contributed by atoms with van der Waals surface area (Å²) in [5.41, 5.74) is 5.32. The number of nitrogens with one attached hydrogen (secondary N) is 1. The van der Waals surface area contributed by atoms with Gasteiger partial charge >= 0.3 is 0 Å². The maximum atomic E-state index is 10.9. The van der Waals surface area contributed by atoms with E-state index in [1.807, 2.05) is 6.92 Å². The summed E-state index contributed by atoms with van der Waals surface area (Å²) in [5.74, 6) is 2.30. The molecule has 0 aromatic carbocycles. The van der Waals surface area contributed by atoms with Crippen LogP contribution in [0.15, 0.2) is 0 Å². The largest absolute Gasteiger partial charge is 0.351 e. The summed E-state index contributed by atoms with van der Waals surface area (Å²) in [5, 5.41) is 2.67. The first-order valence-electron chi connectivity index (χ1n) is 3.57. The molecule has 62 valence electrons. The van der Waals surface area contributed by atoms with E-state index in [1.165, 1.54) is 0 Å². The molecule has 3 heteroatoms. The van der Waals surface area contributed by atoms with Crippen molar-refractivity contribution in [3.05, 3.63) is 0 Å². The molecule has 0 aliphatic heterocycles. The van der Waals surface area contributed by atoms with Crippen molar-refractivity contribution in [1.29, 1.82) is 0 Å². The second-order valence-electron chi connectivity index (χ2n) is 2.61. The Morgan fingerprint density at radius 2 is 2.27 bits per heavy atom. The topological polar surface area (TPSA) is 55.1 Å². The standard InChI is InChI=1S/C8H14N2O/c1-4-5-6(2)10-8(11)7(3)9/h1,6-7H,5,9H2,2-3H3,(H,10,11). The summed E-state index contributed by atoms with van der Waals surface area (Å²) in [6.45, 7) is 3.48. The average molecular weight is 154 g/mol. The zero-order valence-electron chi connectivity index (χ0n) is 6.92. The van der Waals surface area contributed by atoms with Crippen LogP contribution in [0.5, 0.6) is 0 Å². The van der Waals surface area contributed by atoms with Crippen LogP contribution in [-0.2, 0) is 4.79 Å². The van der Waals surface area contributed by atoms with Gasteiger partial charge in [-0.2, -0.15) is 0 Å². The van der Waals surface area contributed by atoms with Gasteiger partial charge in [0.05, 0.1) is 6.04 Å². The second-order valence-corrected chi connectivity index (χ2v) is 2.61. The molecule has 0 saturated carbocycles. The molecule has 2 unspecified atom stereocenters. The maximum Gasteiger partial charge on any atom is 0.236 e. The fourth-order valence-corrected chi connectivity index (χ4v) is 0.602. The normalized spacial score (nSPS) is 14.7. The number of amides is 1. The molecule has 0 aromatic heterocycles. The van der Waals surface area contributed by atoms with E-state index >= 15 is 0 Å². The molecule has 2 atom stereocenters. The summed E-state index contributed by atoms with van der Waals surface area (Å²) in [6.07, 6.45) is 5.59. The Morgan fingerprint density at radius 3 is 2.64 bits per heavy atom. The van der Waals surface area contributed by atoms with E-state index in [-0.39, 0.29) is 11.9 Å². The van der Waals surface area contributed by atoms with E-state index in [0.29, 0.717) is 6.42 Å². The molecule has 1 amide bonds. The van der Waals surface area contributed by atoms with Crippen LogP contribution >= 0.6 is 0 Å². The second kappa shape index (κ2) is 4.75. The Balaban J connectivity index is 3.68. The van der Waals surface area contributed by atoms with E-state index in [4.69, 9.17) is 12.2 Å². The van der Waals surface area contributed by atoms with Crippen LogP contribution in [0.25, 0.3) is 0 Å². The van der Waals surface area contributed by atoms with Crippen molar-refractivity contribution in [3.8, 4) is 12.3 Å². The first-order chi connectivity index (χ1) is 5.07. The van der Waals surface area contributed by atoms with Gasteiger partial charge in [0.25, 0.3) is 0 Å². The number of nitrogens with two attached hydrogens (primary N) is 1. The molecule has 0 radical (unpaired) electrons. The predicted molar refractivity (Wildman–Crippen MR) is 44.7 cm³/mol. The fraction of sp³-hybridized carbons (Fsp3) is 0.625. The van der Waals surface area contributed by atoms with Gasteiger partial charge in [-0.1, -0.05) is 0 Å². The van der Waals surface area contributed by atoms with Gasteiger partial charge in [-0.05, 0) is 13.8 Å². The van der Waals surface area contributed by atoms with Crippen LogP contribution in [-0.4, -0.2) is 18.0 Å². The lowest BCUT2D eigenvalue weighted by Crippen LogP contribution is -2.42. The van der Waals surface area contributed by atoms with E-state index in [1.54, 1.807) is 6.92 Å². The quantitative estimate of drug-likeness (QED) is 0.556. The van der Waals surface area contributed by atoms with Crippen LogP contribution in [0, 0.1) is 12.3 Å². The molecular formula is C8H14N2O. The van der Waals surface area contributed by atoms with E-state index in [0.717, 1.165) is 0 Å². The minimum Gasteiger partial charge on any atom is -0.351 e. The minimum atomic E-state index is -0.463. The van der Waals surface area contributed by atoms with Gasteiger partial charge in [-0.15, -0.1) is 12.3 Å². The molecule has 0 fully saturated rings. The van der Waals surface area contributed by atoms with E-state index < -0.39 is 6.04 Å². The SMILES string of the molecule is C#CCC(C)NC(=O)C(C)N. The van der Waals surface area contributed by atoms with Crippen LogP contribution in [0.1, 0.15) is 20.3 Å². The van der Waals surface area contributed by atoms with E-state index in [2.05, 4.69) is 11.2 Å². The lowest BCUT2D eigenvalue weighted by molar-refractivity contribution is -0.122. The molecule has 0 heterocycles. The molecule has 0 saturated heterocycles. The van der Waals surface area contributed by atoms with Crippen molar-refractivity contribution in [2.24, 2.45) is 5.73 Å². The van der Waals surface area contributed by atoms with Crippen molar-refractivity contribution in [2.45, 2.75) is 32.4 Å². The minimum absolute atomic E-state index is 0.0125. The summed E-state index contributed by atoms with van der Waals surface area (Å²) < 4.78 is 0. The van der Waals surface area contributed by atoms with Gasteiger partial charge in [-0.25, -0.2) is 0 Å². The highest BCUT2D eigenvalue weighted by molar-refractivity contribution is 5.81. The smallest absolute Gasteiger partial charge is 0.236 e. The highest BCUT2D eigenvalue weighted by Crippen LogP contribution is 1.88. The summed E-state index contributed by atoms with van der Waals surface area (Å²) in [7, 11) is 0. The predicted octanol–water partition coefficient (Wildman–Crippen LogP) is -0.138. The third kappa shape index (κ3) is 4.40. The Bertz CT molecular complexity index is 169. The Hall–Kier alpha value is -1.01. The first kappa shape index (κ1) is 9.99. The molecule has 0 bridgehead atoms. The zero-order valence-corrected chi connectivity index (χ0v) is 6.92. The molecular weight excluding hydrogens is 140 g/mol. The van der Waals surface area contributed by atoms with Gasteiger partial charge in [0.15, 0.2) is 0 Å². The van der Waals surface area contributed by atoms with Crippen LogP contribution < -0.4 is 11.1 Å². The number of hydrogen-bond acceptors (Lipinski definition) is 2. The Morgan fingerprint density at radius 1 is 1.73 bits per heavy atom. The van der Waals surface area contributed by atoms with Crippen LogP contribution in [0.3, 0.4) is 0 Å². The van der Waals surface area contributed by atoms with Gasteiger partial charge in [0, 0.05) is 12.5 Å². The summed E-state index contributed by atoms with van der Waals surface area (Å²) >= 11 is 0. The van der Waals surface area contributed by atoms with Crippen molar-refractivity contribution in [2.75, 3.05) is 0 Å². The third-order valence-electron chi connectivity index (χ3n) is 1.23. The van der Waals surface area contributed by atoms with E-state index in [9.17, 15) is 4.79 Å². The number of terminal acetylenes is 1. The van der Waals surface area contributed by atoms with Crippen molar-refractivity contribution in [3.63, 3.8) is 0 Å². The fourth-order valence-electron chi connectivity index (χ4n) is 0.602.